The monoisotopic (exact) mass is 267 g/mol. The van der Waals surface area contributed by atoms with Crippen molar-refractivity contribution in [3.8, 4) is 0 Å². The molecule has 2 rings (SSSR count). The first-order valence-corrected chi connectivity index (χ1v) is 6.36. The van der Waals surface area contributed by atoms with Crippen LogP contribution in [0.4, 0.5) is 17.6 Å². The normalized spacial score (nSPS) is 10.2. The summed E-state index contributed by atoms with van der Waals surface area (Å²) in [5.41, 5.74) is 6.33. The highest BCUT2D eigenvalue weighted by Gasteiger charge is 2.02. The Morgan fingerprint density at radius 2 is 1.88 bits per heavy atom. The highest BCUT2D eigenvalue weighted by Crippen LogP contribution is 2.19. The number of nitrogens with two attached hydrogens (primary N) is 1. The summed E-state index contributed by atoms with van der Waals surface area (Å²) in [7, 11) is 0. The van der Waals surface area contributed by atoms with E-state index in [9.17, 15) is 0 Å². The molecule has 1 heterocycles. The van der Waals surface area contributed by atoms with E-state index in [-0.39, 0.29) is 11.2 Å². The van der Waals surface area contributed by atoms with Gasteiger partial charge in [-0.05, 0) is 42.1 Å². The van der Waals surface area contributed by atoms with Crippen molar-refractivity contribution >= 4 is 40.9 Å². The predicted octanol–water partition coefficient (Wildman–Crippen LogP) is 2.57. The van der Waals surface area contributed by atoms with Gasteiger partial charge >= 0.3 is 0 Å². The van der Waals surface area contributed by atoms with Gasteiger partial charge in [-0.2, -0.15) is 15.0 Å². The molecule has 0 aliphatic rings. The number of anilines is 3. The van der Waals surface area contributed by atoms with Gasteiger partial charge in [0.1, 0.15) is 0 Å². The van der Waals surface area contributed by atoms with Crippen LogP contribution in [0.5, 0.6) is 0 Å². The third-order valence-electron chi connectivity index (χ3n) is 1.97. The van der Waals surface area contributed by atoms with Gasteiger partial charge in [0.05, 0.1) is 0 Å². The lowest BCUT2D eigenvalue weighted by Crippen LogP contribution is -2.03. The van der Waals surface area contributed by atoms with Crippen molar-refractivity contribution in [1.82, 2.24) is 15.0 Å². The van der Waals surface area contributed by atoms with Gasteiger partial charge in [0.15, 0.2) is 0 Å². The van der Waals surface area contributed by atoms with Crippen LogP contribution >= 0.6 is 23.4 Å². The second-order valence-electron chi connectivity index (χ2n) is 3.14. The third kappa shape index (κ3) is 3.21. The van der Waals surface area contributed by atoms with Crippen LogP contribution in [0.3, 0.4) is 0 Å². The Labute approximate surface area is 108 Å². The van der Waals surface area contributed by atoms with Crippen LogP contribution < -0.4 is 11.1 Å². The van der Waals surface area contributed by atoms with Gasteiger partial charge in [0.2, 0.25) is 17.2 Å². The van der Waals surface area contributed by atoms with Crippen molar-refractivity contribution in [3.05, 3.63) is 29.5 Å². The van der Waals surface area contributed by atoms with E-state index in [2.05, 4.69) is 20.3 Å². The largest absolute Gasteiger partial charge is 0.368 e. The second-order valence-corrected chi connectivity index (χ2v) is 4.36. The summed E-state index contributed by atoms with van der Waals surface area (Å²) in [4.78, 5) is 12.7. The maximum atomic E-state index is 5.68. The summed E-state index contributed by atoms with van der Waals surface area (Å²) in [5.74, 6) is 0.424. The number of nitrogens with zero attached hydrogens (tertiary/aromatic N) is 3. The predicted molar refractivity (Wildman–Crippen MR) is 70.8 cm³/mol. The number of rotatable bonds is 3. The Bertz CT molecular complexity index is 496. The third-order valence-corrected chi connectivity index (χ3v) is 2.88. The Kier molecular flexibility index (Phi) is 3.65. The molecule has 17 heavy (non-hydrogen) atoms. The zero-order valence-corrected chi connectivity index (χ0v) is 10.6. The molecule has 88 valence electrons. The molecular formula is C10H10ClN5S. The molecular weight excluding hydrogens is 258 g/mol. The highest BCUT2D eigenvalue weighted by atomic mass is 35.5. The minimum absolute atomic E-state index is 0.0701. The zero-order valence-electron chi connectivity index (χ0n) is 9.01. The van der Waals surface area contributed by atoms with E-state index in [4.69, 9.17) is 17.3 Å². The number of benzene rings is 1. The van der Waals surface area contributed by atoms with E-state index < -0.39 is 0 Å². The number of nitrogen functional groups attached to an aromatic ring is 1. The Hall–Kier alpha value is -1.53. The van der Waals surface area contributed by atoms with Crippen molar-refractivity contribution in [2.75, 3.05) is 17.3 Å². The Morgan fingerprint density at radius 1 is 1.18 bits per heavy atom. The van der Waals surface area contributed by atoms with E-state index in [1.807, 2.05) is 30.5 Å². The quantitative estimate of drug-likeness (QED) is 0.833. The average molecular weight is 268 g/mol. The molecule has 0 fully saturated rings. The number of halogens is 1. The van der Waals surface area contributed by atoms with Crippen molar-refractivity contribution in [1.29, 1.82) is 0 Å². The van der Waals surface area contributed by atoms with Crippen LogP contribution in [-0.4, -0.2) is 21.2 Å². The molecule has 3 N–H and O–H groups in total. The molecule has 0 bridgehead atoms. The maximum absolute atomic E-state index is 5.68. The molecule has 1 aromatic carbocycles. The molecule has 5 nitrogen and oxygen atoms in total. The van der Waals surface area contributed by atoms with Gasteiger partial charge in [-0.1, -0.05) is 0 Å². The SMILES string of the molecule is CSc1ccc(Nc2nc(N)nc(Cl)n2)cc1. The standard InChI is InChI=1S/C10H10ClN5S/c1-17-7-4-2-6(3-5-7)13-10-15-8(11)14-9(12)16-10/h2-5H,1H3,(H3,12,13,14,15,16). The number of thioether (sulfide) groups is 1. The minimum Gasteiger partial charge on any atom is -0.368 e. The molecule has 0 spiro atoms. The van der Waals surface area contributed by atoms with Crippen LogP contribution in [0.25, 0.3) is 0 Å². The van der Waals surface area contributed by atoms with Gasteiger partial charge in [0, 0.05) is 10.6 Å². The van der Waals surface area contributed by atoms with Crippen molar-refractivity contribution in [3.63, 3.8) is 0 Å². The van der Waals surface area contributed by atoms with Crippen LogP contribution in [0.1, 0.15) is 0 Å². The summed E-state index contributed by atoms with van der Waals surface area (Å²) >= 11 is 7.36. The molecule has 0 saturated heterocycles. The molecule has 0 aliphatic heterocycles. The van der Waals surface area contributed by atoms with E-state index in [1.54, 1.807) is 11.8 Å². The average Bonchev–Trinajstić information content (AvgIpc) is 2.28. The van der Waals surface area contributed by atoms with Crippen molar-refractivity contribution < 1.29 is 0 Å². The van der Waals surface area contributed by atoms with Crippen LogP contribution in [0, 0.1) is 0 Å². The summed E-state index contributed by atoms with van der Waals surface area (Å²) in [6, 6.07) is 7.86. The lowest BCUT2D eigenvalue weighted by Gasteiger charge is -2.05. The van der Waals surface area contributed by atoms with Crippen LogP contribution in [-0.2, 0) is 0 Å². The Balaban J connectivity index is 2.19. The second kappa shape index (κ2) is 5.20. The lowest BCUT2D eigenvalue weighted by atomic mass is 10.3. The summed E-state index contributed by atoms with van der Waals surface area (Å²) < 4.78 is 0. The first kappa shape index (κ1) is 11.9. The van der Waals surface area contributed by atoms with Crippen molar-refractivity contribution in [2.45, 2.75) is 4.90 Å². The van der Waals surface area contributed by atoms with Gasteiger partial charge in [0.25, 0.3) is 0 Å². The van der Waals surface area contributed by atoms with Gasteiger partial charge in [-0.25, -0.2) is 0 Å². The lowest BCUT2D eigenvalue weighted by molar-refractivity contribution is 1.07. The number of nitrogens with one attached hydrogen (secondary N) is 1. The van der Waals surface area contributed by atoms with E-state index in [0.717, 1.165) is 5.69 Å². The van der Waals surface area contributed by atoms with Gasteiger partial charge < -0.3 is 11.1 Å². The first-order valence-electron chi connectivity index (χ1n) is 4.75. The minimum atomic E-state index is 0.0701. The maximum Gasteiger partial charge on any atom is 0.233 e. The number of aromatic nitrogens is 3. The molecule has 1 aromatic heterocycles. The molecule has 0 amide bonds. The zero-order chi connectivity index (χ0) is 12.3. The molecule has 0 aliphatic carbocycles. The first-order chi connectivity index (χ1) is 8.17. The van der Waals surface area contributed by atoms with E-state index >= 15 is 0 Å². The topological polar surface area (TPSA) is 76.7 Å². The summed E-state index contributed by atoms with van der Waals surface area (Å²) in [5, 5.41) is 3.07. The Morgan fingerprint density at radius 3 is 2.47 bits per heavy atom. The molecule has 0 saturated carbocycles. The fourth-order valence-electron chi connectivity index (χ4n) is 1.22. The molecule has 0 unspecified atom stereocenters. The summed E-state index contributed by atoms with van der Waals surface area (Å²) in [6.45, 7) is 0. The van der Waals surface area contributed by atoms with Gasteiger partial charge in [-0.15, -0.1) is 11.8 Å². The molecule has 0 atom stereocenters. The van der Waals surface area contributed by atoms with Crippen LogP contribution in [0.15, 0.2) is 29.2 Å². The smallest absolute Gasteiger partial charge is 0.233 e. The van der Waals surface area contributed by atoms with Crippen LogP contribution in [0.2, 0.25) is 5.28 Å². The fourth-order valence-corrected chi connectivity index (χ4v) is 1.80. The van der Waals surface area contributed by atoms with Crippen molar-refractivity contribution in [2.24, 2.45) is 0 Å². The fraction of sp³-hybridized carbons (Fsp3) is 0.100. The van der Waals surface area contributed by atoms with E-state index in [0.29, 0.717) is 5.95 Å². The number of hydrogen-bond acceptors (Lipinski definition) is 6. The van der Waals surface area contributed by atoms with E-state index in [1.165, 1.54) is 4.90 Å². The summed E-state index contributed by atoms with van der Waals surface area (Å²) in [6.07, 6.45) is 2.02. The molecule has 0 radical (unpaired) electrons. The number of hydrogen-bond donors (Lipinski definition) is 2. The van der Waals surface area contributed by atoms with Gasteiger partial charge in [-0.3, -0.25) is 0 Å². The highest BCUT2D eigenvalue weighted by molar-refractivity contribution is 7.98. The molecule has 7 heteroatoms. The molecule has 2 aromatic rings.